The Morgan fingerprint density at radius 3 is 1.23 bits per heavy atom. The van der Waals surface area contributed by atoms with E-state index in [2.05, 4.69) is 288 Å². The first-order valence-electron chi connectivity index (χ1n) is 23.8. The zero-order valence-electron chi connectivity index (χ0n) is 38.0. The van der Waals surface area contributed by atoms with Crippen molar-refractivity contribution in [1.82, 2.24) is 9.13 Å². The Labute approximate surface area is 403 Å². The molecule has 2 heterocycles. The standard InChI is InChI=1S/C66H46N2Si/c1-6-22-47(23-7-1)50-28-18-34-55(44-50)69(53-30-12-4-13-31-53,54-32-14-5-15-33-54)56-35-19-29-51(45-56)67-62-43-42-52(46-60(62)66-58(38-21-41-64(66)67)49-26-10-3-11-27-49)68-61-39-17-16-36-59(61)65-57(37-20-40-63(65)68)48-24-8-2-9-25-48/h1-46H. The van der Waals surface area contributed by atoms with Gasteiger partial charge in [-0.05, 0) is 103 Å². The van der Waals surface area contributed by atoms with Gasteiger partial charge < -0.3 is 9.13 Å². The minimum Gasteiger partial charge on any atom is -0.309 e. The normalized spacial score (nSPS) is 11.8. The number of rotatable bonds is 9. The summed E-state index contributed by atoms with van der Waals surface area (Å²) in [5.41, 5.74) is 14.3. The number of para-hydroxylation sites is 1. The Kier molecular flexibility index (Phi) is 9.88. The second-order valence-electron chi connectivity index (χ2n) is 18.0. The Morgan fingerprint density at radius 1 is 0.232 bits per heavy atom. The highest BCUT2D eigenvalue weighted by atomic mass is 28.3. The minimum absolute atomic E-state index is 1.13. The van der Waals surface area contributed by atoms with Gasteiger partial charge in [0.15, 0.2) is 8.07 Å². The van der Waals surface area contributed by atoms with Gasteiger partial charge in [-0.1, -0.05) is 231 Å². The summed E-state index contributed by atoms with van der Waals surface area (Å²) in [6, 6.07) is 103. The molecule has 0 atom stereocenters. The van der Waals surface area contributed by atoms with Gasteiger partial charge in [0.25, 0.3) is 0 Å². The number of benzene rings is 11. The molecule has 0 aliphatic heterocycles. The lowest BCUT2D eigenvalue weighted by atomic mass is 9.99. The predicted octanol–water partition coefficient (Wildman–Crippen LogP) is 14.3. The van der Waals surface area contributed by atoms with Gasteiger partial charge in [-0.3, -0.25) is 0 Å². The molecule has 0 aliphatic carbocycles. The summed E-state index contributed by atoms with van der Waals surface area (Å²) < 4.78 is 4.98. The van der Waals surface area contributed by atoms with E-state index in [1.807, 2.05) is 0 Å². The maximum absolute atomic E-state index is 2.95. The van der Waals surface area contributed by atoms with Crippen molar-refractivity contribution in [2.75, 3.05) is 0 Å². The lowest BCUT2D eigenvalue weighted by molar-refractivity contribution is 1.17. The molecule has 13 aromatic rings. The maximum Gasteiger partial charge on any atom is 0.179 e. The monoisotopic (exact) mass is 894 g/mol. The third kappa shape index (κ3) is 6.62. The van der Waals surface area contributed by atoms with E-state index in [1.165, 1.54) is 92.2 Å². The maximum atomic E-state index is 2.51. The molecule has 0 amide bonds. The van der Waals surface area contributed by atoms with E-state index < -0.39 is 8.07 Å². The zero-order valence-corrected chi connectivity index (χ0v) is 39.0. The average Bonchev–Trinajstić information content (AvgIpc) is 3.95. The molecule has 0 aliphatic rings. The fraction of sp³-hybridized carbons (Fsp3) is 0. The average molecular weight is 895 g/mol. The summed E-state index contributed by atoms with van der Waals surface area (Å²) in [5.74, 6) is 0. The van der Waals surface area contributed by atoms with Crippen molar-refractivity contribution < 1.29 is 0 Å². The molecule has 2 nitrogen and oxygen atoms in total. The smallest absolute Gasteiger partial charge is 0.179 e. The Hall–Kier alpha value is -8.76. The van der Waals surface area contributed by atoms with Crippen LogP contribution in [0.4, 0.5) is 0 Å². The number of aromatic nitrogens is 2. The highest BCUT2D eigenvalue weighted by Gasteiger charge is 2.42. The van der Waals surface area contributed by atoms with Crippen molar-refractivity contribution in [3.05, 3.63) is 279 Å². The molecule has 0 spiro atoms. The van der Waals surface area contributed by atoms with Crippen LogP contribution in [0, 0.1) is 0 Å². The summed E-state index contributed by atoms with van der Waals surface area (Å²) in [6.07, 6.45) is 0. The fourth-order valence-corrected chi connectivity index (χ4v) is 16.1. The predicted molar refractivity (Wildman–Crippen MR) is 295 cm³/mol. The summed E-state index contributed by atoms with van der Waals surface area (Å²) in [6.45, 7) is 0. The summed E-state index contributed by atoms with van der Waals surface area (Å²) in [5, 5.41) is 10.3. The van der Waals surface area contributed by atoms with E-state index in [0.717, 1.165) is 16.9 Å². The molecule has 0 radical (unpaired) electrons. The topological polar surface area (TPSA) is 9.86 Å². The van der Waals surface area contributed by atoms with Crippen LogP contribution in [-0.2, 0) is 0 Å². The molecule has 0 saturated heterocycles. The lowest BCUT2D eigenvalue weighted by Crippen LogP contribution is -2.74. The summed E-state index contributed by atoms with van der Waals surface area (Å²) in [7, 11) is -2.95. The van der Waals surface area contributed by atoms with E-state index >= 15 is 0 Å². The summed E-state index contributed by atoms with van der Waals surface area (Å²) >= 11 is 0. The molecule has 13 rings (SSSR count). The third-order valence-electron chi connectivity index (χ3n) is 14.3. The van der Waals surface area contributed by atoms with Gasteiger partial charge in [-0.25, -0.2) is 0 Å². The first-order valence-corrected chi connectivity index (χ1v) is 25.8. The lowest BCUT2D eigenvalue weighted by Gasteiger charge is -2.35. The van der Waals surface area contributed by atoms with Gasteiger partial charge in [0.05, 0.1) is 22.1 Å². The number of nitrogens with zero attached hydrogens (tertiary/aromatic N) is 2. The fourth-order valence-electron chi connectivity index (χ4n) is 11.3. The molecule has 0 saturated carbocycles. The van der Waals surface area contributed by atoms with Crippen LogP contribution in [0.5, 0.6) is 0 Å². The second-order valence-corrected chi connectivity index (χ2v) is 21.8. The van der Waals surface area contributed by atoms with Crippen molar-refractivity contribution in [2.45, 2.75) is 0 Å². The van der Waals surface area contributed by atoms with E-state index in [0.29, 0.717) is 0 Å². The van der Waals surface area contributed by atoms with Crippen molar-refractivity contribution in [1.29, 1.82) is 0 Å². The van der Waals surface area contributed by atoms with Crippen LogP contribution in [0.15, 0.2) is 279 Å². The van der Waals surface area contributed by atoms with Crippen molar-refractivity contribution in [3.63, 3.8) is 0 Å². The highest BCUT2D eigenvalue weighted by molar-refractivity contribution is 7.20. The molecule has 2 aromatic heterocycles. The Balaban J connectivity index is 1.08. The van der Waals surface area contributed by atoms with Gasteiger partial charge in [0, 0.05) is 32.9 Å². The molecular weight excluding hydrogens is 849 g/mol. The van der Waals surface area contributed by atoms with Gasteiger partial charge in [-0.15, -0.1) is 0 Å². The zero-order chi connectivity index (χ0) is 45.7. The largest absolute Gasteiger partial charge is 0.309 e. The van der Waals surface area contributed by atoms with Gasteiger partial charge in [0.1, 0.15) is 0 Å². The van der Waals surface area contributed by atoms with Gasteiger partial charge in [-0.2, -0.15) is 0 Å². The quantitative estimate of drug-likeness (QED) is 0.101. The van der Waals surface area contributed by atoms with Crippen molar-refractivity contribution >= 4 is 72.4 Å². The molecule has 0 fully saturated rings. The van der Waals surface area contributed by atoms with Crippen molar-refractivity contribution in [3.8, 4) is 44.8 Å². The Bertz CT molecular complexity index is 3950. The van der Waals surface area contributed by atoms with Crippen molar-refractivity contribution in [2.24, 2.45) is 0 Å². The first-order chi connectivity index (χ1) is 34.3. The molecule has 0 unspecified atom stereocenters. The molecule has 0 bridgehead atoms. The van der Waals surface area contributed by atoms with E-state index in [1.54, 1.807) is 0 Å². The molecule has 3 heteroatoms. The van der Waals surface area contributed by atoms with Gasteiger partial charge in [0.2, 0.25) is 0 Å². The molecule has 11 aromatic carbocycles. The number of hydrogen-bond donors (Lipinski definition) is 0. The summed E-state index contributed by atoms with van der Waals surface area (Å²) in [4.78, 5) is 0. The van der Waals surface area contributed by atoms with Crippen LogP contribution in [0.25, 0.3) is 88.4 Å². The SMILES string of the molecule is c1ccc(-c2cccc([Si](c3ccccc3)(c3ccccc3)c3cccc(-n4c5ccc(-n6c7ccccc7c7c(-c8ccccc8)cccc76)cc5c5c(-c6ccccc6)cccc54)c3)c2)cc1. The van der Waals surface area contributed by atoms with Crippen LogP contribution < -0.4 is 20.7 Å². The molecule has 324 valence electrons. The molecular formula is C66H46N2Si. The molecule has 69 heavy (non-hydrogen) atoms. The minimum atomic E-state index is -2.95. The number of fused-ring (bicyclic) bond motifs is 6. The van der Waals surface area contributed by atoms with Crippen LogP contribution in [0.1, 0.15) is 0 Å². The third-order valence-corrected chi connectivity index (χ3v) is 19.0. The van der Waals surface area contributed by atoms with E-state index in [9.17, 15) is 0 Å². The Morgan fingerprint density at radius 2 is 0.638 bits per heavy atom. The van der Waals surface area contributed by atoms with Crippen LogP contribution in [-0.4, -0.2) is 17.2 Å². The van der Waals surface area contributed by atoms with Crippen LogP contribution in [0.3, 0.4) is 0 Å². The van der Waals surface area contributed by atoms with Crippen LogP contribution in [0.2, 0.25) is 0 Å². The highest BCUT2D eigenvalue weighted by Crippen LogP contribution is 2.42. The van der Waals surface area contributed by atoms with Crippen LogP contribution >= 0.6 is 0 Å². The molecule has 0 N–H and O–H groups in total. The van der Waals surface area contributed by atoms with E-state index in [-0.39, 0.29) is 0 Å². The second kappa shape index (κ2) is 16.8. The van der Waals surface area contributed by atoms with Gasteiger partial charge >= 0.3 is 0 Å². The first kappa shape index (κ1) is 40.5. The van der Waals surface area contributed by atoms with E-state index in [4.69, 9.17) is 0 Å². The number of hydrogen-bond acceptors (Lipinski definition) is 0.